The molecule has 2 fully saturated rings. The van der Waals surface area contributed by atoms with Gasteiger partial charge < -0.3 is 10.1 Å². The zero-order valence-electron chi connectivity index (χ0n) is 18.0. The summed E-state index contributed by atoms with van der Waals surface area (Å²) < 4.78 is 20.7. The lowest BCUT2D eigenvalue weighted by atomic mass is 9.83. The summed E-state index contributed by atoms with van der Waals surface area (Å²) in [6.45, 7) is 4.14. The Morgan fingerprint density at radius 3 is 2.58 bits per heavy atom. The Labute approximate surface area is 182 Å². The Bertz CT molecular complexity index is 951. The van der Waals surface area contributed by atoms with Gasteiger partial charge in [0, 0.05) is 0 Å². The van der Waals surface area contributed by atoms with E-state index in [0.717, 1.165) is 18.4 Å². The van der Waals surface area contributed by atoms with Gasteiger partial charge in [0.25, 0.3) is 5.91 Å². The minimum absolute atomic E-state index is 0.0282. The third-order valence-corrected chi connectivity index (χ3v) is 6.48. The molecular formula is C25H29FN2O3. The van der Waals surface area contributed by atoms with E-state index in [4.69, 9.17) is 4.74 Å². The van der Waals surface area contributed by atoms with Crippen molar-refractivity contribution in [2.75, 3.05) is 6.61 Å². The third-order valence-electron chi connectivity index (χ3n) is 6.48. The van der Waals surface area contributed by atoms with Crippen LogP contribution < -0.4 is 5.32 Å². The van der Waals surface area contributed by atoms with E-state index in [-0.39, 0.29) is 24.1 Å². The number of carbonyl (C=O) groups is 2. The van der Waals surface area contributed by atoms with Gasteiger partial charge in [0.2, 0.25) is 5.91 Å². The average Bonchev–Trinajstić information content (AvgIpc) is 3.12. The number of halogens is 1. The van der Waals surface area contributed by atoms with E-state index >= 15 is 0 Å². The number of carbonyl (C=O) groups excluding carboxylic acids is 2. The van der Waals surface area contributed by atoms with Crippen LogP contribution >= 0.6 is 0 Å². The van der Waals surface area contributed by atoms with E-state index < -0.39 is 23.5 Å². The first-order chi connectivity index (χ1) is 14.9. The molecule has 1 spiro atoms. The van der Waals surface area contributed by atoms with Crippen molar-refractivity contribution in [2.45, 2.75) is 57.3 Å². The number of ether oxygens (including phenoxy) is 1. The summed E-state index contributed by atoms with van der Waals surface area (Å²) in [5.41, 5.74) is 0.0805. The predicted molar refractivity (Wildman–Crippen MR) is 116 cm³/mol. The molecule has 1 aliphatic carbocycles. The predicted octanol–water partition coefficient (Wildman–Crippen LogP) is 4.45. The second kappa shape index (κ2) is 8.79. The summed E-state index contributed by atoms with van der Waals surface area (Å²) in [6, 6.07) is 14.6. The fraction of sp³-hybridized carbons (Fsp3) is 0.440. The lowest BCUT2D eigenvalue weighted by molar-refractivity contribution is -0.129. The monoisotopic (exact) mass is 424 g/mol. The molecule has 0 bridgehead atoms. The SMILES string of the molecule is C[C@H]1CCC[C@]2(C1)OC[C@@H](C(=O)N[C@@H](C)c1ccccc1)N2C(=O)c1ccccc1F. The first-order valence-corrected chi connectivity index (χ1v) is 11.0. The smallest absolute Gasteiger partial charge is 0.259 e. The number of amides is 2. The van der Waals surface area contributed by atoms with E-state index in [9.17, 15) is 14.0 Å². The number of hydrogen-bond acceptors (Lipinski definition) is 3. The molecule has 4 rings (SSSR count). The summed E-state index contributed by atoms with van der Waals surface area (Å²) in [6.07, 6.45) is 3.24. The van der Waals surface area contributed by atoms with Gasteiger partial charge in [0.05, 0.1) is 18.2 Å². The Morgan fingerprint density at radius 1 is 1.16 bits per heavy atom. The van der Waals surface area contributed by atoms with Gasteiger partial charge in [0.1, 0.15) is 17.6 Å². The fourth-order valence-corrected chi connectivity index (χ4v) is 4.91. The molecule has 1 aliphatic heterocycles. The Kier molecular flexibility index (Phi) is 6.10. The third kappa shape index (κ3) is 4.22. The molecule has 1 saturated heterocycles. The van der Waals surface area contributed by atoms with Crippen LogP contribution in [0.2, 0.25) is 0 Å². The number of benzene rings is 2. The lowest BCUT2D eigenvalue weighted by Crippen LogP contribution is -2.57. The summed E-state index contributed by atoms with van der Waals surface area (Å²) in [4.78, 5) is 28.4. The Balaban J connectivity index is 1.63. The van der Waals surface area contributed by atoms with Crippen molar-refractivity contribution in [1.29, 1.82) is 0 Å². The first-order valence-electron chi connectivity index (χ1n) is 11.0. The molecule has 0 radical (unpaired) electrons. The molecule has 2 aromatic carbocycles. The van der Waals surface area contributed by atoms with Gasteiger partial charge in [0.15, 0.2) is 0 Å². The first kappa shape index (κ1) is 21.5. The van der Waals surface area contributed by atoms with Crippen molar-refractivity contribution in [2.24, 2.45) is 5.92 Å². The van der Waals surface area contributed by atoms with E-state index in [2.05, 4.69) is 12.2 Å². The highest BCUT2D eigenvalue weighted by atomic mass is 19.1. The molecule has 6 heteroatoms. The molecule has 2 aromatic rings. The second-order valence-corrected chi connectivity index (χ2v) is 8.77. The van der Waals surface area contributed by atoms with Crippen LogP contribution in [0, 0.1) is 11.7 Å². The molecule has 2 amide bonds. The van der Waals surface area contributed by atoms with Crippen LogP contribution in [0.25, 0.3) is 0 Å². The van der Waals surface area contributed by atoms with Crippen LogP contribution in [0.5, 0.6) is 0 Å². The van der Waals surface area contributed by atoms with E-state index in [1.54, 1.807) is 12.1 Å². The minimum Gasteiger partial charge on any atom is -0.353 e. The molecule has 0 aromatic heterocycles. The van der Waals surface area contributed by atoms with Gasteiger partial charge in [-0.25, -0.2) is 4.39 Å². The van der Waals surface area contributed by atoms with Crippen LogP contribution in [-0.2, 0) is 9.53 Å². The Morgan fingerprint density at radius 2 is 1.87 bits per heavy atom. The highest BCUT2D eigenvalue weighted by Gasteiger charge is 2.54. The van der Waals surface area contributed by atoms with Gasteiger partial charge in [-0.05, 0) is 49.8 Å². The summed E-state index contributed by atoms with van der Waals surface area (Å²) in [7, 11) is 0. The maximum atomic E-state index is 14.5. The number of rotatable bonds is 4. The van der Waals surface area contributed by atoms with Crippen molar-refractivity contribution >= 4 is 11.8 Å². The van der Waals surface area contributed by atoms with Gasteiger partial charge >= 0.3 is 0 Å². The van der Waals surface area contributed by atoms with Gasteiger partial charge in [-0.2, -0.15) is 0 Å². The molecule has 1 N–H and O–H groups in total. The maximum Gasteiger partial charge on any atom is 0.259 e. The molecule has 1 heterocycles. The quantitative estimate of drug-likeness (QED) is 0.789. The zero-order chi connectivity index (χ0) is 22.0. The molecule has 4 atom stereocenters. The summed E-state index contributed by atoms with van der Waals surface area (Å²) >= 11 is 0. The lowest BCUT2D eigenvalue weighted by Gasteiger charge is -2.43. The fourth-order valence-electron chi connectivity index (χ4n) is 4.91. The van der Waals surface area contributed by atoms with Gasteiger partial charge in [-0.3, -0.25) is 14.5 Å². The number of nitrogens with zero attached hydrogens (tertiary/aromatic N) is 1. The number of nitrogens with one attached hydrogen (secondary N) is 1. The van der Waals surface area contributed by atoms with E-state index in [1.807, 2.05) is 37.3 Å². The van der Waals surface area contributed by atoms with Gasteiger partial charge in [-0.15, -0.1) is 0 Å². The molecular weight excluding hydrogens is 395 g/mol. The van der Waals surface area contributed by atoms with Crippen molar-refractivity contribution < 1.29 is 18.7 Å². The minimum atomic E-state index is -0.866. The van der Waals surface area contributed by atoms with E-state index in [1.165, 1.54) is 17.0 Å². The molecule has 1 saturated carbocycles. The van der Waals surface area contributed by atoms with Crippen LogP contribution in [0.1, 0.15) is 61.5 Å². The Hall–Kier alpha value is -2.73. The highest BCUT2D eigenvalue weighted by molar-refractivity contribution is 5.98. The topological polar surface area (TPSA) is 58.6 Å². The van der Waals surface area contributed by atoms with Crippen molar-refractivity contribution in [3.63, 3.8) is 0 Å². The van der Waals surface area contributed by atoms with Crippen molar-refractivity contribution in [3.05, 3.63) is 71.5 Å². The molecule has 5 nitrogen and oxygen atoms in total. The van der Waals surface area contributed by atoms with Crippen LogP contribution in [0.3, 0.4) is 0 Å². The maximum absolute atomic E-state index is 14.5. The van der Waals surface area contributed by atoms with Crippen molar-refractivity contribution in [3.8, 4) is 0 Å². The largest absolute Gasteiger partial charge is 0.353 e. The molecule has 31 heavy (non-hydrogen) atoms. The van der Waals surface area contributed by atoms with Crippen LogP contribution in [-0.4, -0.2) is 35.1 Å². The van der Waals surface area contributed by atoms with Crippen molar-refractivity contribution in [1.82, 2.24) is 10.2 Å². The van der Waals surface area contributed by atoms with E-state index in [0.29, 0.717) is 18.8 Å². The number of hydrogen-bond donors (Lipinski definition) is 1. The van der Waals surface area contributed by atoms with Crippen LogP contribution in [0.4, 0.5) is 4.39 Å². The van der Waals surface area contributed by atoms with Gasteiger partial charge in [-0.1, -0.05) is 55.8 Å². The molecule has 2 aliphatic rings. The highest BCUT2D eigenvalue weighted by Crippen LogP contribution is 2.43. The molecule has 164 valence electrons. The second-order valence-electron chi connectivity index (χ2n) is 8.77. The zero-order valence-corrected chi connectivity index (χ0v) is 18.0. The molecule has 0 unspecified atom stereocenters. The standard InChI is InChI=1S/C25H29FN2O3/c1-17-9-8-14-25(15-17)28(24(30)20-12-6-7-13-21(20)26)22(16-31-25)23(29)27-18(2)19-10-4-3-5-11-19/h3-7,10-13,17-18,22H,8-9,14-16H2,1-2H3,(H,27,29)/t17-,18-,22-,25+/m0/s1. The summed E-state index contributed by atoms with van der Waals surface area (Å²) in [5, 5.41) is 3.02. The normalized spacial score (nSPS) is 26.6. The van der Waals surface area contributed by atoms with Crippen LogP contribution in [0.15, 0.2) is 54.6 Å². The summed E-state index contributed by atoms with van der Waals surface area (Å²) in [5.74, 6) is -1.00. The average molecular weight is 425 g/mol.